The quantitative estimate of drug-likeness (QED) is 0.572. The van der Waals surface area contributed by atoms with Crippen LogP contribution in [-0.2, 0) is 4.79 Å². The summed E-state index contributed by atoms with van der Waals surface area (Å²) < 4.78 is 5.35. The number of fused-ring (bicyclic) bond motifs is 1. The molecule has 8 heteroatoms. The van der Waals surface area contributed by atoms with Crippen molar-refractivity contribution in [3.8, 4) is 27.6 Å². The lowest BCUT2D eigenvalue weighted by Gasteiger charge is -2.18. The van der Waals surface area contributed by atoms with Crippen molar-refractivity contribution >= 4 is 28.6 Å². The number of hydrogen-bond acceptors (Lipinski definition) is 6. The predicted molar refractivity (Wildman–Crippen MR) is 93.8 cm³/mol. The van der Waals surface area contributed by atoms with Crippen LogP contribution in [0.15, 0.2) is 47.8 Å². The fourth-order valence-electron chi connectivity index (χ4n) is 2.51. The number of nitrogens with one attached hydrogen (secondary N) is 1. The normalized spacial score (nSPS) is 12.9. The van der Waals surface area contributed by atoms with Crippen molar-refractivity contribution in [2.75, 3.05) is 11.9 Å². The molecule has 1 amide bonds. The van der Waals surface area contributed by atoms with Gasteiger partial charge >= 0.3 is 0 Å². The summed E-state index contributed by atoms with van der Waals surface area (Å²) in [5.74, 6) is 0.448. The average Bonchev–Trinajstić information content (AvgIpc) is 3.11. The number of anilines is 1. The van der Waals surface area contributed by atoms with Crippen LogP contribution in [0.3, 0.4) is 0 Å². The highest BCUT2D eigenvalue weighted by molar-refractivity contribution is 7.13. The highest BCUT2D eigenvalue weighted by Crippen LogP contribution is 2.35. The van der Waals surface area contributed by atoms with Crippen LogP contribution in [0.2, 0.25) is 0 Å². The molecule has 1 aliphatic rings. The van der Waals surface area contributed by atoms with Crippen LogP contribution < -0.4 is 10.1 Å². The molecule has 1 aromatic heterocycles. The van der Waals surface area contributed by atoms with Crippen molar-refractivity contribution in [1.82, 2.24) is 4.98 Å². The monoisotopic (exact) mass is 353 g/mol. The SMILES string of the molecule is O=C1COc2ccc(-c3csc(-c4ccc([N+](=O)[O-])cc4)n3)cc2N1. The maximum atomic E-state index is 11.4. The highest BCUT2D eigenvalue weighted by atomic mass is 32.1. The number of amides is 1. The molecule has 1 N–H and O–H groups in total. The van der Waals surface area contributed by atoms with E-state index >= 15 is 0 Å². The van der Waals surface area contributed by atoms with Crippen molar-refractivity contribution in [3.63, 3.8) is 0 Å². The van der Waals surface area contributed by atoms with Gasteiger partial charge in [0.15, 0.2) is 6.61 Å². The van der Waals surface area contributed by atoms with Gasteiger partial charge in [-0.2, -0.15) is 0 Å². The third-order valence-electron chi connectivity index (χ3n) is 3.74. The van der Waals surface area contributed by atoms with E-state index < -0.39 is 4.92 Å². The second-order valence-corrected chi connectivity index (χ2v) is 6.25. The van der Waals surface area contributed by atoms with Crippen LogP contribution in [0.5, 0.6) is 5.75 Å². The number of rotatable bonds is 3. The van der Waals surface area contributed by atoms with Crippen molar-refractivity contribution < 1.29 is 14.5 Å². The molecule has 0 radical (unpaired) electrons. The van der Waals surface area contributed by atoms with Crippen LogP contribution in [0.4, 0.5) is 11.4 Å². The maximum absolute atomic E-state index is 11.4. The van der Waals surface area contributed by atoms with Crippen molar-refractivity contribution in [3.05, 3.63) is 58.0 Å². The van der Waals surface area contributed by atoms with Crippen LogP contribution in [0.1, 0.15) is 0 Å². The number of carbonyl (C=O) groups is 1. The van der Waals surface area contributed by atoms with Gasteiger partial charge in [0, 0.05) is 28.6 Å². The van der Waals surface area contributed by atoms with Gasteiger partial charge in [0.25, 0.3) is 11.6 Å². The molecule has 0 unspecified atom stereocenters. The fraction of sp³-hybridized carbons (Fsp3) is 0.0588. The molecule has 0 aliphatic carbocycles. The summed E-state index contributed by atoms with van der Waals surface area (Å²) in [7, 11) is 0. The number of nitrogens with zero attached hydrogens (tertiary/aromatic N) is 2. The lowest BCUT2D eigenvalue weighted by molar-refractivity contribution is -0.384. The molecule has 3 aromatic rings. The first kappa shape index (κ1) is 15.3. The second kappa shape index (κ2) is 5.99. The first-order valence-corrected chi connectivity index (χ1v) is 8.25. The number of thiazole rings is 1. The van der Waals surface area contributed by atoms with Gasteiger partial charge in [-0.1, -0.05) is 0 Å². The number of nitro groups is 1. The number of benzene rings is 2. The first-order valence-electron chi connectivity index (χ1n) is 7.37. The molecule has 2 aromatic carbocycles. The minimum absolute atomic E-state index is 0.0212. The van der Waals surface area contributed by atoms with E-state index in [4.69, 9.17) is 4.74 Å². The van der Waals surface area contributed by atoms with Gasteiger partial charge < -0.3 is 10.1 Å². The molecule has 4 rings (SSSR count). The average molecular weight is 353 g/mol. The summed E-state index contributed by atoms with van der Waals surface area (Å²) in [5.41, 5.74) is 3.11. The summed E-state index contributed by atoms with van der Waals surface area (Å²) in [4.78, 5) is 26.3. The largest absolute Gasteiger partial charge is 0.482 e. The Morgan fingerprint density at radius 1 is 1.16 bits per heavy atom. The van der Waals surface area contributed by atoms with Crippen molar-refractivity contribution in [2.24, 2.45) is 0 Å². The molecule has 2 heterocycles. The molecule has 0 atom stereocenters. The maximum Gasteiger partial charge on any atom is 0.269 e. The molecule has 25 heavy (non-hydrogen) atoms. The molecule has 124 valence electrons. The molecular weight excluding hydrogens is 342 g/mol. The summed E-state index contributed by atoms with van der Waals surface area (Å²) >= 11 is 1.45. The third-order valence-corrected chi connectivity index (χ3v) is 4.63. The Morgan fingerprint density at radius 2 is 1.92 bits per heavy atom. The van der Waals surface area contributed by atoms with E-state index in [0.717, 1.165) is 21.8 Å². The zero-order valence-corrected chi connectivity index (χ0v) is 13.6. The first-order chi connectivity index (χ1) is 12.1. The lowest BCUT2D eigenvalue weighted by atomic mass is 10.1. The van der Waals surface area contributed by atoms with Gasteiger partial charge in [-0.25, -0.2) is 4.98 Å². The highest BCUT2D eigenvalue weighted by Gasteiger charge is 2.17. The second-order valence-electron chi connectivity index (χ2n) is 5.39. The Hall–Kier alpha value is -3.26. The van der Waals surface area contributed by atoms with Gasteiger partial charge in [0.1, 0.15) is 10.8 Å². The molecule has 0 fully saturated rings. The molecule has 0 saturated heterocycles. The molecular formula is C17H11N3O4S. The van der Waals surface area contributed by atoms with E-state index in [2.05, 4.69) is 10.3 Å². The molecule has 7 nitrogen and oxygen atoms in total. The topological polar surface area (TPSA) is 94.4 Å². The Balaban J connectivity index is 1.64. The third kappa shape index (κ3) is 2.94. The number of carbonyl (C=O) groups excluding carboxylic acids is 1. The number of non-ortho nitro benzene ring substituents is 1. The van der Waals surface area contributed by atoms with E-state index in [9.17, 15) is 14.9 Å². The van der Waals surface area contributed by atoms with Crippen LogP contribution >= 0.6 is 11.3 Å². The zero-order chi connectivity index (χ0) is 17.4. The van der Waals surface area contributed by atoms with Crippen LogP contribution in [0, 0.1) is 10.1 Å². The van der Waals surface area contributed by atoms with Crippen LogP contribution in [0.25, 0.3) is 21.8 Å². The van der Waals surface area contributed by atoms with E-state index in [1.807, 2.05) is 17.5 Å². The van der Waals surface area contributed by atoms with E-state index in [1.54, 1.807) is 18.2 Å². The summed E-state index contributed by atoms with van der Waals surface area (Å²) in [6.07, 6.45) is 0. The minimum atomic E-state index is -0.430. The summed E-state index contributed by atoms with van der Waals surface area (Å²) in [6, 6.07) is 11.8. The predicted octanol–water partition coefficient (Wildman–Crippen LogP) is 3.72. The molecule has 1 aliphatic heterocycles. The number of aromatic nitrogens is 1. The molecule has 0 bridgehead atoms. The van der Waals surface area contributed by atoms with E-state index in [1.165, 1.54) is 23.5 Å². The van der Waals surface area contributed by atoms with Crippen molar-refractivity contribution in [1.29, 1.82) is 0 Å². The number of ether oxygens (including phenoxy) is 1. The standard InChI is InChI=1S/C17H11N3O4S/c21-16-8-24-15-6-3-11(7-13(15)18-16)14-9-25-17(19-14)10-1-4-12(5-2-10)20(22)23/h1-7,9H,8H2,(H,18,21). The fourth-order valence-corrected chi connectivity index (χ4v) is 3.34. The Morgan fingerprint density at radius 3 is 2.68 bits per heavy atom. The van der Waals surface area contributed by atoms with Gasteiger partial charge in [0.05, 0.1) is 16.3 Å². The lowest BCUT2D eigenvalue weighted by Crippen LogP contribution is -2.25. The van der Waals surface area contributed by atoms with Gasteiger partial charge in [0.2, 0.25) is 0 Å². The van der Waals surface area contributed by atoms with Gasteiger partial charge in [-0.05, 0) is 30.3 Å². The van der Waals surface area contributed by atoms with E-state index in [0.29, 0.717) is 11.4 Å². The van der Waals surface area contributed by atoms with Crippen molar-refractivity contribution in [2.45, 2.75) is 0 Å². The Kier molecular flexibility index (Phi) is 3.66. The Bertz CT molecular complexity index is 982. The van der Waals surface area contributed by atoms with E-state index in [-0.39, 0.29) is 18.2 Å². The van der Waals surface area contributed by atoms with Gasteiger partial charge in [-0.3, -0.25) is 14.9 Å². The zero-order valence-electron chi connectivity index (χ0n) is 12.8. The van der Waals surface area contributed by atoms with Crippen LogP contribution in [-0.4, -0.2) is 22.4 Å². The smallest absolute Gasteiger partial charge is 0.269 e. The summed E-state index contributed by atoms with van der Waals surface area (Å²) in [5, 5.41) is 16.2. The molecule has 0 spiro atoms. The summed E-state index contributed by atoms with van der Waals surface area (Å²) in [6.45, 7) is 0.0212. The number of nitro benzene ring substituents is 1. The number of hydrogen-bond donors (Lipinski definition) is 1. The minimum Gasteiger partial charge on any atom is -0.482 e. The molecule has 0 saturated carbocycles. The van der Waals surface area contributed by atoms with Gasteiger partial charge in [-0.15, -0.1) is 11.3 Å². The Labute approximate surface area is 146 Å².